The summed E-state index contributed by atoms with van der Waals surface area (Å²) >= 11 is 2.25. The van der Waals surface area contributed by atoms with Gasteiger partial charge >= 0.3 is 0 Å². The minimum Gasteiger partial charge on any atom is -0.374 e. The molecule has 2 N–H and O–H groups in total. The molecular weight excluding hydrogens is 351 g/mol. The number of halogens is 1. The summed E-state index contributed by atoms with van der Waals surface area (Å²) in [5.74, 6) is -0.0512. The summed E-state index contributed by atoms with van der Waals surface area (Å²) in [7, 11) is 0. The van der Waals surface area contributed by atoms with Crippen LogP contribution in [0.5, 0.6) is 0 Å². The average molecular weight is 366 g/mol. The Balaban J connectivity index is 1.94. The highest BCUT2D eigenvalue weighted by Gasteiger charge is 2.12. The maximum atomic E-state index is 12.0. The molecule has 0 aromatic heterocycles. The Bertz CT molecular complexity index is 540. The van der Waals surface area contributed by atoms with Crippen LogP contribution in [0.2, 0.25) is 0 Å². The van der Waals surface area contributed by atoms with Crippen LogP contribution < -0.4 is 10.6 Å². The lowest BCUT2D eigenvalue weighted by Gasteiger charge is -2.15. The predicted molar refractivity (Wildman–Crippen MR) is 87.3 cm³/mol. The molecule has 1 unspecified atom stereocenters. The number of para-hydroxylation sites is 1. The first-order chi connectivity index (χ1) is 9.15. The summed E-state index contributed by atoms with van der Waals surface area (Å²) in [4.78, 5) is 12.0. The Morgan fingerprint density at radius 3 is 2.26 bits per heavy atom. The van der Waals surface area contributed by atoms with Gasteiger partial charge in [-0.1, -0.05) is 18.2 Å². The maximum Gasteiger partial charge on any atom is 0.246 e. The molecule has 1 amide bonds. The van der Waals surface area contributed by atoms with Crippen molar-refractivity contribution in [2.45, 2.75) is 13.0 Å². The molecule has 0 saturated heterocycles. The second-order valence-corrected chi connectivity index (χ2v) is 5.47. The van der Waals surface area contributed by atoms with Gasteiger partial charge in [0.25, 0.3) is 0 Å². The van der Waals surface area contributed by atoms with Crippen LogP contribution in [0.25, 0.3) is 0 Å². The number of rotatable bonds is 4. The van der Waals surface area contributed by atoms with Gasteiger partial charge in [-0.05, 0) is 65.9 Å². The van der Waals surface area contributed by atoms with Gasteiger partial charge in [0.05, 0.1) is 0 Å². The molecule has 3 nitrogen and oxygen atoms in total. The molecule has 0 spiro atoms. The fraction of sp³-hybridized carbons (Fsp3) is 0.133. The van der Waals surface area contributed by atoms with E-state index in [2.05, 4.69) is 33.2 Å². The Labute approximate surface area is 126 Å². The normalized spacial score (nSPS) is 11.7. The first-order valence-corrected chi connectivity index (χ1v) is 7.11. The van der Waals surface area contributed by atoms with Crippen molar-refractivity contribution in [3.63, 3.8) is 0 Å². The van der Waals surface area contributed by atoms with Crippen molar-refractivity contribution in [1.82, 2.24) is 0 Å². The molecule has 1 atom stereocenters. The molecular formula is C15H15IN2O. The van der Waals surface area contributed by atoms with Crippen LogP contribution in [0.1, 0.15) is 6.92 Å². The van der Waals surface area contributed by atoms with E-state index in [1.165, 1.54) is 3.57 Å². The minimum absolute atomic E-state index is 0.0512. The summed E-state index contributed by atoms with van der Waals surface area (Å²) < 4.78 is 1.17. The molecule has 2 aromatic rings. The van der Waals surface area contributed by atoms with Crippen LogP contribution >= 0.6 is 22.6 Å². The molecule has 19 heavy (non-hydrogen) atoms. The third-order valence-corrected chi connectivity index (χ3v) is 3.38. The zero-order valence-corrected chi connectivity index (χ0v) is 12.7. The average Bonchev–Trinajstić information content (AvgIpc) is 2.42. The standard InChI is InChI=1S/C15H15IN2O/c1-11(17-14-9-7-12(16)8-10-14)15(19)18-13-5-3-2-4-6-13/h2-11,17H,1H3,(H,18,19). The van der Waals surface area contributed by atoms with Crippen LogP contribution in [0.3, 0.4) is 0 Å². The largest absolute Gasteiger partial charge is 0.374 e. The van der Waals surface area contributed by atoms with E-state index in [9.17, 15) is 4.79 Å². The fourth-order valence-corrected chi connectivity index (χ4v) is 1.99. The zero-order valence-electron chi connectivity index (χ0n) is 10.6. The van der Waals surface area contributed by atoms with E-state index in [0.717, 1.165) is 11.4 Å². The number of hydrogen-bond donors (Lipinski definition) is 2. The van der Waals surface area contributed by atoms with Crippen LogP contribution in [0.15, 0.2) is 54.6 Å². The van der Waals surface area contributed by atoms with E-state index in [4.69, 9.17) is 0 Å². The molecule has 0 bridgehead atoms. The van der Waals surface area contributed by atoms with Gasteiger partial charge in [-0.15, -0.1) is 0 Å². The molecule has 0 radical (unpaired) electrons. The summed E-state index contributed by atoms with van der Waals surface area (Å²) in [6, 6.07) is 17.1. The number of carbonyl (C=O) groups is 1. The smallest absolute Gasteiger partial charge is 0.246 e. The van der Waals surface area contributed by atoms with Crippen LogP contribution in [0.4, 0.5) is 11.4 Å². The molecule has 0 fully saturated rings. The van der Waals surface area contributed by atoms with Gasteiger partial charge in [0.2, 0.25) is 5.91 Å². The van der Waals surface area contributed by atoms with Gasteiger partial charge in [0, 0.05) is 14.9 Å². The molecule has 4 heteroatoms. The van der Waals surface area contributed by atoms with E-state index < -0.39 is 0 Å². The van der Waals surface area contributed by atoms with Crippen LogP contribution in [0, 0.1) is 3.57 Å². The Kier molecular flexibility index (Phi) is 4.79. The second-order valence-electron chi connectivity index (χ2n) is 4.23. The lowest BCUT2D eigenvalue weighted by molar-refractivity contribution is -0.116. The summed E-state index contributed by atoms with van der Waals surface area (Å²) in [6.07, 6.45) is 0. The second kappa shape index (κ2) is 6.56. The summed E-state index contributed by atoms with van der Waals surface area (Å²) in [5.41, 5.74) is 1.75. The van der Waals surface area contributed by atoms with E-state index in [1.54, 1.807) is 0 Å². The fourth-order valence-electron chi connectivity index (χ4n) is 1.63. The number of benzene rings is 2. The molecule has 0 aliphatic rings. The molecule has 0 saturated carbocycles. The van der Waals surface area contributed by atoms with Crippen LogP contribution in [-0.2, 0) is 4.79 Å². The Hall–Kier alpha value is -1.56. The quantitative estimate of drug-likeness (QED) is 0.810. The van der Waals surface area contributed by atoms with E-state index >= 15 is 0 Å². The van der Waals surface area contributed by atoms with Crippen molar-refractivity contribution in [2.75, 3.05) is 10.6 Å². The monoisotopic (exact) mass is 366 g/mol. The first kappa shape index (κ1) is 13.9. The highest BCUT2D eigenvalue weighted by atomic mass is 127. The maximum absolute atomic E-state index is 12.0. The summed E-state index contributed by atoms with van der Waals surface area (Å²) in [6.45, 7) is 1.84. The topological polar surface area (TPSA) is 41.1 Å². The van der Waals surface area contributed by atoms with Gasteiger partial charge in [0.1, 0.15) is 6.04 Å². The van der Waals surface area contributed by atoms with Crippen LogP contribution in [-0.4, -0.2) is 11.9 Å². The van der Waals surface area contributed by atoms with Gasteiger partial charge < -0.3 is 10.6 Å². The lowest BCUT2D eigenvalue weighted by Crippen LogP contribution is -2.31. The number of amides is 1. The third kappa shape index (κ3) is 4.24. The Morgan fingerprint density at radius 1 is 1.00 bits per heavy atom. The highest BCUT2D eigenvalue weighted by Crippen LogP contribution is 2.13. The minimum atomic E-state index is -0.291. The van der Waals surface area contributed by atoms with Gasteiger partial charge in [0.15, 0.2) is 0 Å². The molecule has 2 rings (SSSR count). The molecule has 0 aliphatic heterocycles. The Morgan fingerprint density at radius 2 is 1.63 bits per heavy atom. The van der Waals surface area contributed by atoms with Crippen molar-refractivity contribution in [3.05, 3.63) is 58.2 Å². The molecule has 98 valence electrons. The van der Waals surface area contributed by atoms with Crippen molar-refractivity contribution < 1.29 is 4.79 Å². The number of carbonyl (C=O) groups excluding carboxylic acids is 1. The van der Waals surface area contributed by atoms with Crippen molar-refractivity contribution >= 4 is 39.9 Å². The highest BCUT2D eigenvalue weighted by molar-refractivity contribution is 14.1. The van der Waals surface area contributed by atoms with E-state index in [0.29, 0.717) is 0 Å². The predicted octanol–water partition coefficient (Wildman–Crippen LogP) is 3.73. The van der Waals surface area contributed by atoms with Gasteiger partial charge in [-0.2, -0.15) is 0 Å². The number of anilines is 2. The molecule has 0 heterocycles. The number of nitrogens with one attached hydrogen (secondary N) is 2. The SMILES string of the molecule is CC(Nc1ccc(I)cc1)C(=O)Nc1ccccc1. The van der Waals surface area contributed by atoms with Crippen molar-refractivity contribution in [2.24, 2.45) is 0 Å². The zero-order chi connectivity index (χ0) is 13.7. The van der Waals surface area contributed by atoms with Crippen molar-refractivity contribution in [1.29, 1.82) is 0 Å². The lowest BCUT2D eigenvalue weighted by atomic mass is 10.2. The number of hydrogen-bond acceptors (Lipinski definition) is 2. The first-order valence-electron chi connectivity index (χ1n) is 6.03. The van der Waals surface area contributed by atoms with Gasteiger partial charge in [-0.25, -0.2) is 0 Å². The van der Waals surface area contributed by atoms with Gasteiger partial charge in [-0.3, -0.25) is 4.79 Å². The molecule has 2 aromatic carbocycles. The van der Waals surface area contributed by atoms with E-state index in [1.807, 2.05) is 61.5 Å². The van der Waals surface area contributed by atoms with Crippen molar-refractivity contribution in [3.8, 4) is 0 Å². The molecule has 0 aliphatic carbocycles. The summed E-state index contributed by atoms with van der Waals surface area (Å²) in [5, 5.41) is 6.04. The third-order valence-electron chi connectivity index (χ3n) is 2.66. The van der Waals surface area contributed by atoms with E-state index in [-0.39, 0.29) is 11.9 Å².